The molecule has 3 heteroatoms. The molecular formula is C9H20N2O. The van der Waals surface area contributed by atoms with Crippen molar-refractivity contribution in [2.45, 2.75) is 40.5 Å². The van der Waals surface area contributed by atoms with E-state index in [-0.39, 0.29) is 6.42 Å². The lowest BCUT2D eigenvalue weighted by Crippen LogP contribution is -2.16. The first-order valence-corrected chi connectivity index (χ1v) is 4.37. The Balaban J connectivity index is 0. The van der Waals surface area contributed by atoms with Crippen LogP contribution in [0, 0.1) is 11.3 Å². The summed E-state index contributed by atoms with van der Waals surface area (Å²) in [4.78, 5) is 10.3. The Morgan fingerprint density at radius 3 is 2.08 bits per heavy atom. The van der Waals surface area contributed by atoms with Gasteiger partial charge in [0.05, 0.1) is 6.42 Å². The van der Waals surface area contributed by atoms with Gasteiger partial charge in [0.2, 0.25) is 5.91 Å². The summed E-state index contributed by atoms with van der Waals surface area (Å²) in [5, 5.41) is 7.25. The molecule has 0 fully saturated rings. The van der Waals surface area contributed by atoms with Crippen LogP contribution in [0.15, 0.2) is 0 Å². The largest absolute Gasteiger partial charge is 0.369 e. The number of carbonyl (C=O) groups is 1. The fourth-order valence-electron chi connectivity index (χ4n) is 0.775. The Labute approximate surface area is 74.9 Å². The van der Waals surface area contributed by atoms with Gasteiger partial charge in [-0.15, -0.1) is 0 Å². The summed E-state index contributed by atoms with van der Waals surface area (Å²) in [6.45, 7) is 8.02. The van der Waals surface area contributed by atoms with Crippen molar-refractivity contribution in [3.05, 3.63) is 0 Å². The van der Waals surface area contributed by atoms with Crippen LogP contribution in [0.2, 0.25) is 0 Å². The van der Waals surface area contributed by atoms with Crippen molar-refractivity contribution in [1.29, 1.82) is 5.41 Å². The first-order chi connectivity index (χ1) is 5.52. The predicted octanol–water partition coefficient (Wildman–Crippen LogP) is 1.95. The summed E-state index contributed by atoms with van der Waals surface area (Å²) in [5.41, 5.74) is 5.32. The number of rotatable bonds is 4. The van der Waals surface area contributed by atoms with E-state index in [2.05, 4.69) is 0 Å². The number of hydrogen-bond acceptors (Lipinski definition) is 2. The molecule has 0 aromatic rings. The van der Waals surface area contributed by atoms with E-state index < -0.39 is 5.91 Å². The maximum Gasteiger partial charge on any atom is 0.223 e. The topological polar surface area (TPSA) is 66.9 Å². The maximum absolute atomic E-state index is 10.3. The average Bonchev–Trinajstić information content (AvgIpc) is 1.87. The minimum Gasteiger partial charge on any atom is -0.369 e. The highest BCUT2D eigenvalue weighted by molar-refractivity contribution is 5.98. The van der Waals surface area contributed by atoms with Crippen LogP contribution in [-0.4, -0.2) is 11.6 Å². The van der Waals surface area contributed by atoms with E-state index in [1.54, 1.807) is 0 Å². The fourth-order valence-corrected chi connectivity index (χ4v) is 0.775. The first-order valence-electron chi connectivity index (χ1n) is 4.37. The van der Waals surface area contributed by atoms with Gasteiger partial charge in [0.1, 0.15) is 0 Å². The lowest BCUT2D eigenvalue weighted by atomic mass is 10.0. The number of amides is 1. The highest BCUT2D eigenvalue weighted by atomic mass is 16.1. The van der Waals surface area contributed by atoms with Crippen LogP contribution in [0.4, 0.5) is 0 Å². The Hall–Kier alpha value is -0.860. The molecule has 0 atom stereocenters. The standard InChI is InChI=1S/C7H14N2O.C2H6/c1-5(2)3-6(8)4-7(9)10;1-2/h5,8H,3-4H2,1-2H3,(H2,9,10);1-2H3. The summed E-state index contributed by atoms with van der Waals surface area (Å²) in [5.74, 6) is 0.0255. The van der Waals surface area contributed by atoms with Crippen molar-refractivity contribution in [2.75, 3.05) is 0 Å². The molecule has 1 amide bonds. The second-order valence-electron chi connectivity index (χ2n) is 2.84. The molecule has 0 unspecified atom stereocenters. The molecule has 0 spiro atoms. The minimum absolute atomic E-state index is 0.109. The maximum atomic E-state index is 10.3. The Kier molecular flexibility index (Phi) is 9.41. The summed E-state index contributed by atoms with van der Waals surface area (Å²) in [6, 6.07) is 0. The zero-order valence-corrected chi connectivity index (χ0v) is 8.48. The Morgan fingerprint density at radius 1 is 1.42 bits per heavy atom. The summed E-state index contributed by atoms with van der Waals surface area (Å²) >= 11 is 0. The normalized spacial score (nSPS) is 8.75. The minimum atomic E-state index is -0.411. The lowest BCUT2D eigenvalue weighted by Gasteiger charge is -2.03. The van der Waals surface area contributed by atoms with Crippen molar-refractivity contribution in [3.63, 3.8) is 0 Å². The van der Waals surface area contributed by atoms with Crippen LogP contribution in [0.25, 0.3) is 0 Å². The van der Waals surface area contributed by atoms with Gasteiger partial charge in [-0.2, -0.15) is 0 Å². The van der Waals surface area contributed by atoms with Gasteiger partial charge in [0.15, 0.2) is 0 Å². The van der Waals surface area contributed by atoms with Gasteiger partial charge >= 0.3 is 0 Å². The van der Waals surface area contributed by atoms with Crippen molar-refractivity contribution < 1.29 is 4.79 Å². The summed E-state index contributed by atoms with van der Waals surface area (Å²) < 4.78 is 0. The van der Waals surface area contributed by atoms with Crippen LogP contribution < -0.4 is 5.73 Å². The molecule has 0 saturated heterocycles. The van der Waals surface area contributed by atoms with E-state index in [1.807, 2.05) is 27.7 Å². The van der Waals surface area contributed by atoms with Gasteiger partial charge in [-0.1, -0.05) is 27.7 Å². The second-order valence-corrected chi connectivity index (χ2v) is 2.84. The van der Waals surface area contributed by atoms with E-state index in [9.17, 15) is 4.79 Å². The molecule has 0 rings (SSSR count). The van der Waals surface area contributed by atoms with Crippen molar-refractivity contribution in [2.24, 2.45) is 11.7 Å². The highest BCUT2D eigenvalue weighted by Crippen LogP contribution is 2.01. The van der Waals surface area contributed by atoms with E-state index in [4.69, 9.17) is 11.1 Å². The monoisotopic (exact) mass is 172 g/mol. The molecule has 0 aliphatic heterocycles. The third-order valence-corrected chi connectivity index (χ3v) is 1.04. The van der Waals surface area contributed by atoms with Crippen LogP contribution in [0.1, 0.15) is 40.5 Å². The molecule has 0 aromatic carbocycles. The third kappa shape index (κ3) is 11.9. The molecule has 12 heavy (non-hydrogen) atoms. The number of nitrogens with one attached hydrogen (secondary N) is 1. The van der Waals surface area contributed by atoms with E-state index >= 15 is 0 Å². The van der Waals surface area contributed by atoms with Crippen molar-refractivity contribution in [1.82, 2.24) is 0 Å². The second kappa shape index (κ2) is 8.24. The quantitative estimate of drug-likeness (QED) is 0.625. The average molecular weight is 172 g/mol. The molecule has 0 heterocycles. The molecule has 0 aliphatic carbocycles. The van der Waals surface area contributed by atoms with E-state index in [0.29, 0.717) is 18.1 Å². The number of nitrogens with two attached hydrogens (primary N) is 1. The highest BCUT2D eigenvalue weighted by Gasteiger charge is 2.03. The SMILES string of the molecule is CC.CC(C)CC(=N)CC(N)=O. The van der Waals surface area contributed by atoms with Gasteiger partial charge in [-0.05, 0) is 12.3 Å². The zero-order chi connectivity index (χ0) is 10.1. The van der Waals surface area contributed by atoms with Crippen molar-refractivity contribution >= 4 is 11.6 Å². The molecule has 0 aromatic heterocycles. The van der Waals surface area contributed by atoms with Crippen molar-refractivity contribution in [3.8, 4) is 0 Å². The smallest absolute Gasteiger partial charge is 0.223 e. The van der Waals surface area contributed by atoms with E-state index in [1.165, 1.54) is 0 Å². The van der Waals surface area contributed by atoms with Gasteiger partial charge in [0, 0.05) is 5.71 Å². The summed E-state index contributed by atoms with van der Waals surface area (Å²) in [7, 11) is 0. The third-order valence-electron chi connectivity index (χ3n) is 1.04. The lowest BCUT2D eigenvalue weighted by molar-refractivity contribution is -0.116. The van der Waals surface area contributed by atoms with Crippen LogP contribution >= 0.6 is 0 Å². The molecular weight excluding hydrogens is 152 g/mol. The molecule has 0 radical (unpaired) electrons. The van der Waals surface area contributed by atoms with Gasteiger partial charge in [-0.3, -0.25) is 4.79 Å². The molecule has 0 saturated carbocycles. The molecule has 72 valence electrons. The van der Waals surface area contributed by atoms with Gasteiger partial charge in [0.25, 0.3) is 0 Å². The zero-order valence-electron chi connectivity index (χ0n) is 8.48. The van der Waals surface area contributed by atoms with Gasteiger partial charge in [-0.25, -0.2) is 0 Å². The molecule has 0 bridgehead atoms. The Morgan fingerprint density at radius 2 is 1.83 bits per heavy atom. The number of primary amides is 1. The van der Waals surface area contributed by atoms with Gasteiger partial charge < -0.3 is 11.1 Å². The summed E-state index contributed by atoms with van der Waals surface area (Å²) in [6.07, 6.45) is 0.779. The van der Waals surface area contributed by atoms with Crippen LogP contribution in [-0.2, 0) is 4.79 Å². The Bertz CT molecular complexity index is 141. The van der Waals surface area contributed by atoms with Crippen LogP contribution in [0.3, 0.4) is 0 Å². The van der Waals surface area contributed by atoms with E-state index in [0.717, 1.165) is 0 Å². The number of carbonyl (C=O) groups excluding carboxylic acids is 1. The predicted molar refractivity (Wildman–Crippen MR) is 52.3 cm³/mol. The molecule has 3 nitrogen and oxygen atoms in total. The first kappa shape index (κ1) is 13.7. The molecule has 3 N–H and O–H groups in total. The fraction of sp³-hybridized carbons (Fsp3) is 0.778. The number of hydrogen-bond donors (Lipinski definition) is 2. The van der Waals surface area contributed by atoms with Crippen LogP contribution in [0.5, 0.6) is 0 Å². The molecule has 0 aliphatic rings.